The fraction of sp³-hybridized carbons (Fsp3) is 0.314. The number of hydrogen-bond acceptors (Lipinski definition) is 11. The second-order valence-electron chi connectivity index (χ2n) is 12.6. The van der Waals surface area contributed by atoms with Crippen LogP contribution in [0.4, 0.5) is 29.8 Å². The number of alkyl halides is 1. The van der Waals surface area contributed by atoms with Crippen LogP contribution in [0.25, 0.3) is 32.1 Å². The van der Waals surface area contributed by atoms with Crippen LogP contribution >= 0.6 is 22.9 Å². The van der Waals surface area contributed by atoms with E-state index >= 15 is 8.78 Å². The maximum Gasteiger partial charge on any atom is 0.319 e. The number of pyridine rings is 1. The van der Waals surface area contributed by atoms with Crippen LogP contribution in [0.2, 0.25) is 5.02 Å². The van der Waals surface area contributed by atoms with Crippen LogP contribution in [-0.4, -0.2) is 64.4 Å². The zero-order chi connectivity index (χ0) is 34.9. The van der Waals surface area contributed by atoms with Gasteiger partial charge in [0, 0.05) is 35.7 Å². The van der Waals surface area contributed by atoms with Crippen molar-refractivity contribution in [1.82, 2.24) is 19.9 Å². The Kier molecular flexibility index (Phi) is 7.79. The molecule has 0 saturated carbocycles. The molecule has 0 spiro atoms. The molecule has 3 aromatic heterocycles. The molecule has 5 aromatic rings. The highest BCUT2D eigenvalue weighted by Gasteiger charge is 2.49. The molecule has 2 aromatic carbocycles. The molecule has 0 bridgehead atoms. The number of hydrogen-bond donors (Lipinski definition) is 2. The number of terminal acetylenes is 1. The third-order valence-electron chi connectivity index (χ3n) is 9.86. The molecular weight excluding hydrogens is 689 g/mol. The summed E-state index contributed by atoms with van der Waals surface area (Å²) in [5, 5.41) is 10.1. The lowest BCUT2D eigenvalue weighted by atomic mass is 9.95. The summed E-state index contributed by atoms with van der Waals surface area (Å²) in [6, 6.07) is 6.98. The molecule has 0 aliphatic carbocycles. The SMILES string of the molecule is C#C[C@H](c1cccnc1N)N1CCOc2c(Cl)c(-c3ccc(F)c4sc(N)c(C#N)c34)c(F)c3nc(OC[C@@]45CCCN4C[C@H](F)C5)nc1c23. The molecule has 3 aliphatic rings. The van der Waals surface area contributed by atoms with Gasteiger partial charge in [-0.2, -0.15) is 15.2 Å². The second-order valence-corrected chi connectivity index (χ2v) is 14.0. The Bertz CT molecular complexity index is 2310. The number of nitriles is 1. The van der Waals surface area contributed by atoms with Gasteiger partial charge in [-0.15, -0.1) is 17.8 Å². The molecule has 6 heterocycles. The van der Waals surface area contributed by atoms with E-state index in [2.05, 4.69) is 20.8 Å². The van der Waals surface area contributed by atoms with Crippen molar-refractivity contribution < 1.29 is 22.6 Å². The van der Waals surface area contributed by atoms with Gasteiger partial charge in [-0.3, -0.25) is 4.90 Å². The quantitative estimate of drug-likeness (QED) is 0.190. The highest BCUT2D eigenvalue weighted by Crippen LogP contribution is 2.51. The largest absolute Gasteiger partial charge is 0.489 e. The minimum atomic E-state index is -0.989. The molecule has 8 rings (SSSR count). The van der Waals surface area contributed by atoms with Gasteiger partial charge in [0.05, 0.1) is 32.8 Å². The summed E-state index contributed by atoms with van der Waals surface area (Å²) in [4.78, 5) is 17.3. The molecule has 15 heteroatoms. The maximum absolute atomic E-state index is 17.3. The summed E-state index contributed by atoms with van der Waals surface area (Å²) in [6.45, 7) is 1.35. The first-order chi connectivity index (χ1) is 24.2. The third kappa shape index (κ3) is 4.85. The van der Waals surface area contributed by atoms with E-state index in [1.54, 1.807) is 23.2 Å². The predicted octanol–water partition coefficient (Wildman–Crippen LogP) is 6.40. The molecule has 2 saturated heterocycles. The topological polar surface area (TPSA) is 139 Å². The summed E-state index contributed by atoms with van der Waals surface area (Å²) in [6.07, 6.45) is 8.59. The number of benzene rings is 2. The predicted molar refractivity (Wildman–Crippen MR) is 186 cm³/mol. The molecule has 3 atom stereocenters. The number of nitrogen functional groups attached to an aromatic ring is 2. The van der Waals surface area contributed by atoms with Gasteiger partial charge in [0.25, 0.3) is 0 Å². The smallest absolute Gasteiger partial charge is 0.319 e. The second kappa shape index (κ2) is 12.1. The van der Waals surface area contributed by atoms with E-state index < -0.39 is 29.4 Å². The standard InChI is InChI=1S/C35H28ClF3N8O2S/c1-2-22(18-5-3-9-43-31(18)41)47-11-12-48-29-25-28(44-34(45-33(25)47)49-16-35-8-4-10-46(35)15-17(37)13-35)27(39)24(26(29)36)19-6-7-21(38)30-23(19)20(14-40)32(42)50-30/h1,3,5-7,9,17,22H,4,8,10-13,15-16,42H2,(H2,41,43)/t17-,22-,35+/m1/s1. The van der Waals surface area contributed by atoms with E-state index in [9.17, 15) is 9.65 Å². The molecular formula is C35H28ClF3N8O2S. The van der Waals surface area contributed by atoms with Gasteiger partial charge < -0.3 is 25.8 Å². The van der Waals surface area contributed by atoms with Crippen molar-refractivity contribution in [2.45, 2.75) is 37.0 Å². The van der Waals surface area contributed by atoms with Crippen molar-refractivity contribution >= 4 is 60.6 Å². The lowest BCUT2D eigenvalue weighted by Crippen LogP contribution is -2.43. The van der Waals surface area contributed by atoms with E-state index in [0.717, 1.165) is 36.8 Å². The number of ether oxygens (including phenoxy) is 2. The van der Waals surface area contributed by atoms with E-state index in [0.29, 0.717) is 18.5 Å². The number of fused-ring (bicyclic) bond motifs is 2. The van der Waals surface area contributed by atoms with Crippen molar-refractivity contribution in [2.24, 2.45) is 0 Å². The Morgan fingerprint density at radius 2 is 2.06 bits per heavy atom. The van der Waals surface area contributed by atoms with E-state index in [4.69, 9.17) is 43.9 Å². The van der Waals surface area contributed by atoms with Crippen LogP contribution in [-0.2, 0) is 0 Å². The van der Waals surface area contributed by atoms with Crippen LogP contribution in [0.1, 0.15) is 36.4 Å². The first kappa shape index (κ1) is 32.2. The summed E-state index contributed by atoms with van der Waals surface area (Å²) in [7, 11) is 0. The minimum absolute atomic E-state index is 0.00514. The number of thiophene rings is 1. The third-order valence-corrected chi connectivity index (χ3v) is 11.2. The van der Waals surface area contributed by atoms with Crippen molar-refractivity contribution in [3.8, 4) is 41.3 Å². The van der Waals surface area contributed by atoms with Crippen molar-refractivity contribution in [2.75, 3.05) is 49.2 Å². The number of halogens is 4. The van der Waals surface area contributed by atoms with Gasteiger partial charge in [0.2, 0.25) is 0 Å². The lowest BCUT2D eigenvalue weighted by Gasteiger charge is -2.31. The highest BCUT2D eigenvalue weighted by molar-refractivity contribution is 7.23. The normalized spacial score (nSPS) is 20.7. The molecule has 4 N–H and O–H groups in total. The molecule has 0 unspecified atom stereocenters. The Hall–Kier alpha value is -5.02. The Labute approximate surface area is 293 Å². The Balaban J connectivity index is 1.37. The van der Waals surface area contributed by atoms with Gasteiger partial charge >= 0.3 is 6.01 Å². The first-order valence-corrected chi connectivity index (χ1v) is 17.1. The van der Waals surface area contributed by atoms with Crippen LogP contribution in [0.5, 0.6) is 11.8 Å². The lowest BCUT2D eigenvalue weighted by molar-refractivity contribution is 0.107. The van der Waals surface area contributed by atoms with Gasteiger partial charge in [-0.1, -0.05) is 29.7 Å². The van der Waals surface area contributed by atoms with Crippen LogP contribution in [0.3, 0.4) is 0 Å². The summed E-state index contributed by atoms with van der Waals surface area (Å²) in [5.41, 5.74) is 12.1. The zero-order valence-electron chi connectivity index (χ0n) is 26.4. The van der Waals surface area contributed by atoms with Crippen LogP contribution in [0.15, 0.2) is 30.5 Å². The molecule has 0 radical (unpaired) electrons. The average Bonchev–Trinajstić information content (AvgIpc) is 3.70. The molecule has 3 aliphatic heterocycles. The molecule has 0 amide bonds. The highest BCUT2D eigenvalue weighted by atomic mass is 35.5. The molecule has 2 fully saturated rings. The van der Waals surface area contributed by atoms with Crippen molar-refractivity contribution in [1.29, 1.82) is 5.26 Å². The van der Waals surface area contributed by atoms with Gasteiger partial charge in [-0.05, 0) is 37.1 Å². The van der Waals surface area contributed by atoms with Crippen LogP contribution < -0.4 is 25.8 Å². The summed E-state index contributed by atoms with van der Waals surface area (Å²) < 4.78 is 59.5. The monoisotopic (exact) mass is 716 g/mol. The number of anilines is 3. The van der Waals surface area contributed by atoms with E-state index in [1.807, 2.05) is 6.07 Å². The first-order valence-electron chi connectivity index (χ1n) is 15.9. The van der Waals surface area contributed by atoms with Gasteiger partial charge in [0.1, 0.15) is 59.5 Å². The minimum Gasteiger partial charge on any atom is -0.489 e. The van der Waals surface area contributed by atoms with Crippen LogP contribution in [0, 0.1) is 35.3 Å². The summed E-state index contributed by atoms with van der Waals surface area (Å²) in [5.74, 6) is 1.69. The Morgan fingerprint density at radius 3 is 2.84 bits per heavy atom. The summed E-state index contributed by atoms with van der Waals surface area (Å²) >= 11 is 7.91. The van der Waals surface area contributed by atoms with Crippen molar-refractivity contribution in [3.63, 3.8) is 0 Å². The van der Waals surface area contributed by atoms with Gasteiger partial charge in [0.15, 0.2) is 11.6 Å². The van der Waals surface area contributed by atoms with Gasteiger partial charge in [-0.25, -0.2) is 18.2 Å². The molecule has 50 heavy (non-hydrogen) atoms. The average molecular weight is 717 g/mol. The number of aromatic nitrogens is 3. The Morgan fingerprint density at radius 1 is 1.22 bits per heavy atom. The fourth-order valence-corrected chi connectivity index (χ4v) is 8.93. The van der Waals surface area contributed by atoms with E-state index in [1.165, 1.54) is 6.07 Å². The maximum atomic E-state index is 17.3. The molecule has 10 nitrogen and oxygen atoms in total. The molecule has 254 valence electrons. The van der Waals surface area contributed by atoms with Crippen molar-refractivity contribution in [3.05, 3.63) is 58.2 Å². The fourth-order valence-electron chi connectivity index (χ4n) is 7.65. The number of nitrogens with two attached hydrogens (primary N) is 2. The zero-order valence-corrected chi connectivity index (χ0v) is 27.9. The van der Waals surface area contributed by atoms with E-state index in [-0.39, 0.29) is 90.9 Å². The number of nitrogens with zero attached hydrogens (tertiary/aromatic N) is 6. The number of rotatable bonds is 6.